The molecular weight excluding hydrogens is 300 g/mol. The van der Waals surface area contributed by atoms with Gasteiger partial charge < -0.3 is 10.1 Å². The molecule has 5 heteroatoms. The summed E-state index contributed by atoms with van der Waals surface area (Å²) in [6.45, 7) is 3.96. The van der Waals surface area contributed by atoms with Crippen molar-refractivity contribution < 1.29 is 9.53 Å². The maximum atomic E-state index is 12.4. The molecular formula is C17H23ClN2O2. The van der Waals surface area contributed by atoms with Gasteiger partial charge in [0, 0.05) is 23.3 Å². The molecule has 2 aliphatic rings. The highest BCUT2D eigenvalue weighted by molar-refractivity contribution is 6.30. The van der Waals surface area contributed by atoms with Crippen LogP contribution >= 0.6 is 11.6 Å². The Kier molecular flexibility index (Phi) is 5.01. The smallest absolute Gasteiger partial charge is 0.238 e. The number of carbonyl (C=O) groups is 1. The van der Waals surface area contributed by atoms with Crippen LogP contribution in [0.15, 0.2) is 18.2 Å². The molecule has 1 saturated carbocycles. The Hall–Kier alpha value is -1.10. The van der Waals surface area contributed by atoms with Crippen molar-refractivity contribution in [3.63, 3.8) is 0 Å². The quantitative estimate of drug-likeness (QED) is 0.929. The van der Waals surface area contributed by atoms with Crippen LogP contribution in [0, 0.1) is 6.92 Å². The molecule has 0 spiro atoms. The van der Waals surface area contributed by atoms with E-state index in [9.17, 15) is 4.79 Å². The summed E-state index contributed by atoms with van der Waals surface area (Å²) in [6.07, 6.45) is 5.05. The Morgan fingerprint density at radius 3 is 3.05 bits per heavy atom. The number of hydrogen-bond acceptors (Lipinski definition) is 3. The highest BCUT2D eigenvalue weighted by atomic mass is 35.5. The van der Waals surface area contributed by atoms with E-state index >= 15 is 0 Å². The largest absolute Gasteiger partial charge is 0.375 e. The lowest BCUT2D eigenvalue weighted by Crippen LogP contribution is -2.54. The Bertz CT molecular complexity index is 547. The predicted octanol–water partition coefficient (Wildman–Crippen LogP) is 3.23. The molecule has 0 radical (unpaired) electrons. The van der Waals surface area contributed by atoms with E-state index in [-0.39, 0.29) is 5.91 Å². The summed E-state index contributed by atoms with van der Waals surface area (Å²) >= 11 is 5.95. The Balaban J connectivity index is 1.61. The van der Waals surface area contributed by atoms with Crippen molar-refractivity contribution in [3.8, 4) is 0 Å². The summed E-state index contributed by atoms with van der Waals surface area (Å²) in [6, 6.07) is 5.93. The fourth-order valence-electron chi connectivity index (χ4n) is 3.51. The van der Waals surface area contributed by atoms with E-state index in [1.165, 1.54) is 12.8 Å². The maximum Gasteiger partial charge on any atom is 0.238 e. The third-order valence-corrected chi connectivity index (χ3v) is 4.89. The molecule has 1 aliphatic carbocycles. The molecule has 1 aliphatic heterocycles. The predicted molar refractivity (Wildman–Crippen MR) is 88.4 cm³/mol. The number of hydrogen-bond donors (Lipinski definition) is 1. The first-order chi connectivity index (χ1) is 10.6. The molecule has 2 unspecified atom stereocenters. The first-order valence-electron chi connectivity index (χ1n) is 8.05. The van der Waals surface area contributed by atoms with E-state index in [0.717, 1.165) is 37.2 Å². The molecule has 4 nitrogen and oxygen atoms in total. The molecule has 1 heterocycles. The Labute approximate surface area is 136 Å². The van der Waals surface area contributed by atoms with Crippen LogP contribution in [0.2, 0.25) is 5.02 Å². The minimum Gasteiger partial charge on any atom is -0.375 e. The molecule has 0 aromatic heterocycles. The van der Waals surface area contributed by atoms with Crippen LogP contribution in [0.1, 0.15) is 31.2 Å². The number of halogens is 1. The number of nitrogens with one attached hydrogen (secondary N) is 1. The standard InChI is InChI=1S/C17H23ClN2O2/c1-12-10-13(18)6-7-14(12)19-17(21)11-20-8-9-22-16-5-3-2-4-15(16)20/h6-7,10,15-16H,2-5,8-9,11H2,1H3,(H,19,21). The number of benzene rings is 1. The van der Waals surface area contributed by atoms with E-state index in [4.69, 9.17) is 16.3 Å². The van der Waals surface area contributed by atoms with Gasteiger partial charge in [0.05, 0.1) is 19.3 Å². The van der Waals surface area contributed by atoms with Crippen LogP contribution in [0.3, 0.4) is 0 Å². The van der Waals surface area contributed by atoms with Gasteiger partial charge in [0.15, 0.2) is 0 Å². The zero-order valence-corrected chi connectivity index (χ0v) is 13.7. The average Bonchev–Trinajstić information content (AvgIpc) is 2.50. The lowest BCUT2D eigenvalue weighted by atomic mass is 9.90. The molecule has 120 valence electrons. The zero-order valence-electron chi connectivity index (χ0n) is 13.0. The van der Waals surface area contributed by atoms with E-state index < -0.39 is 0 Å². The maximum absolute atomic E-state index is 12.4. The number of rotatable bonds is 3. The van der Waals surface area contributed by atoms with Crippen molar-refractivity contribution in [1.29, 1.82) is 0 Å². The number of morpholine rings is 1. The molecule has 22 heavy (non-hydrogen) atoms. The van der Waals surface area contributed by atoms with Crippen molar-refractivity contribution in [2.75, 3.05) is 25.0 Å². The summed E-state index contributed by atoms with van der Waals surface area (Å²) in [5.74, 6) is 0.0386. The van der Waals surface area contributed by atoms with Gasteiger partial charge in [0.1, 0.15) is 0 Å². The number of anilines is 1. The Morgan fingerprint density at radius 2 is 2.23 bits per heavy atom. The summed E-state index contributed by atoms with van der Waals surface area (Å²) in [5.41, 5.74) is 1.82. The van der Waals surface area contributed by atoms with Crippen LogP contribution in [0.5, 0.6) is 0 Å². The fourth-order valence-corrected chi connectivity index (χ4v) is 3.74. The Morgan fingerprint density at radius 1 is 1.41 bits per heavy atom. The van der Waals surface area contributed by atoms with Gasteiger partial charge in [-0.05, 0) is 43.5 Å². The average molecular weight is 323 g/mol. The van der Waals surface area contributed by atoms with E-state index in [0.29, 0.717) is 23.7 Å². The van der Waals surface area contributed by atoms with Crippen molar-refractivity contribution in [3.05, 3.63) is 28.8 Å². The van der Waals surface area contributed by atoms with Crippen LogP contribution in [-0.4, -0.2) is 42.6 Å². The molecule has 1 aromatic carbocycles. The molecule has 1 saturated heterocycles. The van der Waals surface area contributed by atoms with Gasteiger partial charge in [-0.15, -0.1) is 0 Å². The van der Waals surface area contributed by atoms with Gasteiger partial charge in [0.2, 0.25) is 5.91 Å². The lowest BCUT2D eigenvalue weighted by Gasteiger charge is -2.43. The van der Waals surface area contributed by atoms with Crippen molar-refractivity contribution in [1.82, 2.24) is 4.90 Å². The fraction of sp³-hybridized carbons (Fsp3) is 0.588. The number of nitrogens with zero attached hydrogens (tertiary/aromatic N) is 1. The highest BCUT2D eigenvalue weighted by Crippen LogP contribution is 2.28. The monoisotopic (exact) mass is 322 g/mol. The van der Waals surface area contributed by atoms with Gasteiger partial charge in [-0.25, -0.2) is 0 Å². The summed E-state index contributed by atoms with van der Waals surface area (Å²) < 4.78 is 5.86. The zero-order chi connectivity index (χ0) is 15.5. The van der Waals surface area contributed by atoms with Gasteiger partial charge in [0.25, 0.3) is 0 Å². The molecule has 1 N–H and O–H groups in total. The molecule has 0 bridgehead atoms. The third-order valence-electron chi connectivity index (χ3n) is 4.66. The molecule has 1 aromatic rings. The summed E-state index contributed by atoms with van der Waals surface area (Å²) in [4.78, 5) is 14.7. The van der Waals surface area contributed by atoms with Crippen LogP contribution in [-0.2, 0) is 9.53 Å². The van der Waals surface area contributed by atoms with Gasteiger partial charge in [-0.3, -0.25) is 9.69 Å². The molecule has 2 atom stereocenters. The van der Waals surface area contributed by atoms with Crippen molar-refractivity contribution in [2.24, 2.45) is 0 Å². The van der Waals surface area contributed by atoms with E-state index in [1.54, 1.807) is 6.07 Å². The number of ether oxygens (including phenoxy) is 1. The summed E-state index contributed by atoms with van der Waals surface area (Å²) in [7, 11) is 0. The first kappa shape index (κ1) is 15.8. The van der Waals surface area contributed by atoms with Crippen LogP contribution in [0.4, 0.5) is 5.69 Å². The first-order valence-corrected chi connectivity index (χ1v) is 8.43. The van der Waals surface area contributed by atoms with Gasteiger partial charge in [-0.2, -0.15) is 0 Å². The third kappa shape index (κ3) is 3.62. The number of aryl methyl sites for hydroxylation is 1. The number of amides is 1. The molecule has 3 rings (SSSR count). The van der Waals surface area contributed by atoms with E-state index in [2.05, 4.69) is 10.2 Å². The number of fused-ring (bicyclic) bond motifs is 1. The normalized spacial score (nSPS) is 25.5. The van der Waals surface area contributed by atoms with Crippen molar-refractivity contribution >= 4 is 23.2 Å². The molecule has 1 amide bonds. The van der Waals surface area contributed by atoms with Crippen LogP contribution in [0.25, 0.3) is 0 Å². The minimum atomic E-state index is 0.0386. The van der Waals surface area contributed by atoms with Crippen molar-refractivity contribution in [2.45, 2.75) is 44.8 Å². The SMILES string of the molecule is Cc1cc(Cl)ccc1NC(=O)CN1CCOC2CCCCC21. The lowest BCUT2D eigenvalue weighted by molar-refractivity contribution is -0.124. The van der Waals surface area contributed by atoms with Crippen LogP contribution < -0.4 is 5.32 Å². The second-order valence-electron chi connectivity index (χ2n) is 6.24. The summed E-state index contributed by atoms with van der Waals surface area (Å²) in [5, 5.41) is 3.69. The molecule has 2 fully saturated rings. The second kappa shape index (κ2) is 6.99. The number of carbonyl (C=O) groups excluding carboxylic acids is 1. The van der Waals surface area contributed by atoms with E-state index in [1.807, 2.05) is 19.1 Å². The van der Waals surface area contributed by atoms with Gasteiger partial charge >= 0.3 is 0 Å². The second-order valence-corrected chi connectivity index (χ2v) is 6.68. The topological polar surface area (TPSA) is 41.6 Å². The highest BCUT2D eigenvalue weighted by Gasteiger charge is 2.34. The minimum absolute atomic E-state index is 0.0386. The van der Waals surface area contributed by atoms with Gasteiger partial charge in [-0.1, -0.05) is 24.4 Å².